The van der Waals surface area contributed by atoms with Crippen molar-refractivity contribution in [3.8, 4) is 11.1 Å². The predicted octanol–water partition coefficient (Wildman–Crippen LogP) is 5.91. The number of rotatable bonds is 4. The molecule has 0 aromatic heterocycles. The smallest absolute Gasteiger partial charge is 0.410 e. The van der Waals surface area contributed by atoms with E-state index in [2.05, 4.69) is 43.3 Å². The largest absolute Gasteiger partial charge is 0.448 e. The molecule has 5 nitrogen and oxygen atoms in total. The first-order chi connectivity index (χ1) is 17.5. The van der Waals surface area contributed by atoms with Crippen molar-refractivity contribution in [1.29, 1.82) is 0 Å². The van der Waals surface area contributed by atoms with Gasteiger partial charge in [0.15, 0.2) is 5.78 Å². The average molecular weight is 482 g/mol. The van der Waals surface area contributed by atoms with E-state index in [0.29, 0.717) is 32.7 Å². The van der Waals surface area contributed by atoms with Crippen molar-refractivity contribution in [2.75, 3.05) is 19.8 Å². The number of fused-ring (bicyclic) bond motifs is 5. The Hall–Kier alpha value is -3.44. The lowest BCUT2D eigenvalue weighted by Gasteiger charge is -2.47. The van der Waals surface area contributed by atoms with Crippen molar-refractivity contribution in [2.24, 2.45) is 5.92 Å². The number of morpholine rings is 1. The van der Waals surface area contributed by atoms with Crippen molar-refractivity contribution in [3.05, 3.63) is 94.5 Å². The maximum Gasteiger partial charge on any atom is 0.410 e. The SMILES string of the molecule is Cc1ccc(C(=O)C2CC3COCC(C2)N3C(=O)OCC2c3ccccc3-c3ccccc32)cc1C. The van der Waals surface area contributed by atoms with Crippen LogP contribution in [0.15, 0.2) is 66.7 Å². The third-order valence-electron chi connectivity index (χ3n) is 8.23. The van der Waals surface area contributed by atoms with Gasteiger partial charge in [-0.25, -0.2) is 4.79 Å². The molecule has 2 fully saturated rings. The number of ether oxygens (including phenoxy) is 2. The number of benzene rings is 3. The van der Waals surface area contributed by atoms with Gasteiger partial charge in [-0.05, 0) is 66.1 Å². The molecule has 184 valence electrons. The lowest BCUT2D eigenvalue weighted by atomic mass is 9.80. The summed E-state index contributed by atoms with van der Waals surface area (Å²) in [6.45, 7) is 5.27. The fourth-order valence-corrected chi connectivity index (χ4v) is 6.23. The number of carbonyl (C=O) groups is 2. The minimum absolute atomic E-state index is 0.0290. The lowest BCUT2D eigenvalue weighted by molar-refractivity contribution is -0.0747. The molecule has 0 N–H and O–H groups in total. The van der Waals surface area contributed by atoms with Gasteiger partial charge in [-0.1, -0.05) is 60.7 Å². The second kappa shape index (κ2) is 9.21. The van der Waals surface area contributed by atoms with E-state index in [0.717, 1.165) is 11.1 Å². The van der Waals surface area contributed by atoms with Gasteiger partial charge in [-0.3, -0.25) is 9.69 Å². The zero-order chi connectivity index (χ0) is 24.8. The van der Waals surface area contributed by atoms with Crippen LogP contribution in [-0.2, 0) is 9.47 Å². The zero-order valence-corrected chi connectivity index (χ0v) is 20.8. The molecule has 5 heteroatoms. The highest BCUT2D eigenvalue weighted by atomic mass is 16.6. The Morgan fingerprint density at radius 3 is 2.08 bits per heavy atom. The normalized spacial score (nSPS) is 22.6. The monoisotopic (exact) mass is 481 g/mol. The average Bonchev–Trinajstić information content (AvgIpc) is 3.21. The Morgan fingerprint density at radius 2 is 1.47 bits per heavy atom. The molecule has 3 aromatic rings. The molecule has 2 saturated heterocycles. The summed E-state index contributed by atoms with van der Waals surface area (Å²) in [5, 5.41) is 0. The molecule has 0 saturated carbocycles. The van der Waals surface area contributed by atoms with Crippen LogP contribution in [0.1, 0.15) is 51.4 Å². The fraction of sp³-hybridized carbons (Fsp3) is 0.355. The number of piperidine rings is 1. The zero-order valence-electron chi connectivity index (χ0n) is 20.8. The van der Waals surface area contributed by atoms with E-state index in [1.165, 1.54) is 27.8 Å². The number of amides is 1. The molecule has 2 bridgehead atoms. The van der Waals surface area contributed by atoms with Gasteiger partial charge < -0.3 is 9.47 Å². The maximum absolute atomic E-state index is 13.4. The number of hydrogen-bond acceptors (Lipinski definition) is 4. The van der Waals surface area contributed by atoms with E-state index in [1.54, 1.807) is 0 Å². The van der Waals surface area contributed by atoms with Crippen LogP contribution < -0.4 is 0 Å². The molecule has 0 radical (unpaired) electrons. The van der Waals surface area contributed by atoms with Gasteiger partial charge in [0.1, 0.15) is 6.61 Å². The number of aryl methyl sites for hydroxylation is 2. The summed E-state index contributed by atoms with van der Waals surface area (Å²) in [6.07, 6.45) is 0.908. The standard InChI is InChI=1S/C31H31NO4/c1-19-11-12-21(13-20(19)2)30(33)22-14-23-16-35-17-24(15-22)32(23)31(34)36-18-29-27-9-5-3-7-25(27)26-8-4-6-10-28(26)29/h3-13,22-24,29H,14-18H2,1-2H3. The molecule has 2 heterocycles. The molecule has 2 aliphatic heterocycles. The van der Waals surface area contributed by atoms with E-state index in [4.69, 9.17) is 9.47 Å². The minimum atomic E-state index is -0.299. The van der Waals surface area contributed by atoms with Crippen molar-refractivity contribution < 1.29 is 19.1 Å². The Bertz CT molecular complexity index is 1270. The summed E-state index contributed by atoms with van der Waals surface area (Å²) in [6, 6.07) is 22.3. The number of hydrogen-bond donors (Lipinski definition) is 0. The molecule has 1 amide bonds. The third-order valence-corrected chi connectivity index (χ3v) is 8.23. The quantitative estimate of drug-likeness (QED) is 0.435. The highest BCUT2D eigenvalue weighted by molar-refractivity contribution is 5.98. The van der Waals surface area contributed by atoms with Crippen LogP contribution in [0.4, 0.5) is 4.79 Å². The van der Waals surface area contributed by atoms with E-state index in [1.807, 2.05) is 42.2 Å². The summed E-state index contributed by atoms with van der Waals surface area (Å²) in [5.74, 6) is 0.0900. The summed E-state index contributed by atoms with van der Waals surface area (Å²) in [7, 11) is 0. The van der Waals surface area contributed by atoms with Crippen LogP contribution in [0.3, 0.4) is 0 Å². The first kappa shape index (κ1) is 23.0. The molecule has 0 spiro atoms. The van der Waals surface area contributed by atoms with E-state index < -0.39 is 0 Å². The molecule has 2 atom stereocenters. The van der Waals surface area contributed by atoms with Gasteiger partial charge in [-0.15, -0.1) is 0 Å². The summed E-state index contributed by atoms with van der Waals surface area (Å²) < 4.78 is 11.8. The topological polar surface area (TPSA) is 55.8 Å². The van der Waals surface area contributed by atoms with Crippen LogP contribution in [0.2, 0.25) is 0 Å². The number of ketones is 1. The molecule has 6 rings (SSSR count). The summed E-state index contributed by atoms with van der Waals surface area (Å²) >= 11 is 0. The van der Waals surface area contributed by atoms with Gasteiger partial charge in [-0.2, -0.15) is 0 Å². The van der Waals surface area contributed by atoms with E-state index in [-0.39, 0.29) is 35.8 Å². The van der Waals surface area contributed by atoms with Crippen LogP contribution in [-0.4, -0.2) is 48.7 Å². The van der Waals surface area contributed by atoms with Gasteiger partial charge in [0.2, 0.25) is 0 Å². The molecule has 3 aliphatic rings. The van der Waals surface area contributed by atoms with Crippen molar-refractivity contribution in [1.82, 2.24) is 4.90 Å². The van der Waals surface area contributed by atoms with Crippen LogP contribution >= 0.6 is 0 Å². The first-order valence-electron chi connectivity index (χ1n) is 12.8. The van der Waals surface area contributed by atoms with Crippen LogP contribution in [0.5, 0.6) is 0 Å². The molecule has 1 aliphatic carbocycles. The van der Waals surface area contributed by atoms with Crippen molar-refractivity contribution in [3.63, 3.8) is 0 Å². The van der Waals surface area contributed by atoms with Crippen LogP contribution in [0, 0.1) is 19.8 Å². The molecule has 2 unspecified atom stereocenters. The van der Waals surface area contributed by atoms with Gasteiger partial charge >= 0.3 is 6.09 Å². The maximum atomic E-state index is 13.4. The van der Waals surface area contributed by atoms with Gasteiger partial charge in [0.05, 0.1) is 25.3 Å². The van der Waals surface area contributed by atoms with Crippen molar-refractivity contribution >= 4 is 11.9 Å². The molecule has 3 aromatic carbocycles. The highest BCUT2D eigenvalue weighted by Crippen LogP contribution is 2.44. The fourth-order valence-electron chi connectivity index (χ4n) is 6.23. The second-order valence-electron chi connectivity index (χ2n) is 10.4. The number of Topliss-reactive ketones (excluding diaryl/α,β-unsaturated/α-hetero) is 1. The molecular formula is C31H31NO4. The van der Waals surface area contributed by atoms with Gasteiger partial charge in [0.25, 0.3) is 0 Å². The van der Waals surface area contributed by atoms with E-state index in [9.17, 15) is 9.59 Å². The number of carbonyl (C=O) groups excluding carboxylic acids is 2. The Balaban J connectivity index is 1.16. The Morgan fingerprint density at radius 1 is 0.861 bits per heavy atom. The lowest BCUT2D eigenvalue weighted by Crippen LogP contribution is -2.60. The Labute approximate surface area is 212 Å². The Kier molecular flexibility index (Phi) is 5.88. The number of nitrogens with zero attached hydrogens (tertiary/aromatic N) is 1. The summed E-state index contributed by atoms with van der Waals surface area (Å²) in [4.78, 5) is 28.6. The molecular weight excluding hydrogens is 450 g/mol. The van der Waals surface area contributed by atoms with Crippen LogP contribution in [0.25, 0.3) is 11.1 Å². The van der Waals surface area contributed by atoms with E-state index >= 15 is 0 Å². The van der Waals surface area contributed by atoms with Gasteiger partial charge in [0, 0.05) is 17.4 Å². The minimum Gasteiger partial charge on any atom is -0.448 e. The molecule has 36 heavy (non-hydrogen) atoms. The highest BCUT2D eigenvalue weighted by Gasteiger charge is 2.45. The predicted molar refractivity (Wildman–Crippen MR) is 138 cm³/mol. The third kappa shape index (κ3) is 3.92. The first-order valence-corrected chi connectivity index (χ1v) is 12.8. The second-order valence-corrected chi connectivity index (χ2v) is 10.4. The van der Waals surface area contributed by atoms with Crippen molar-refractivity contribution in [2.45, 2.75) is 44.7 Å². The summed E-state index contributed by atoms with van der Waals surface area (Å²) in [5.41, 5.74) is 7.90.